The maximum absolute atomic E-state index is 13.7. The molecule has 0 saturated carbocycles. The molecule has 1 saturated heterocycles. The van der Waals surface area contributed by atoms with Crippen LogP contribution < -0.4 is 0 Å². The summed E-state index contributed by atoms with van der Waals surface area (Å²) in [6.45, 7) is 1.15. The first-order valence-corrected chi connectivity index (χ1v) is 14.0. The molecule has 4 aromatic carbocycles. The average molecular weight is 633 g/mol. The van der Waals surface area contributed by atoms with E-state index in [1.54, 1.807) is 35.2 Å². The summed E-state index contributed by atoms with van der Waals surface area (Å²) in [5, 5.41) is 0. The SMILES string of the molecule is Cl.O=C(CC(c1ccccc1)c1ccccc1)N1CCN(C(c2ccccc2)c2cc(C(F)(F)F)cc(C(F)(F)F)c2)CC1. The van der Waals surface area contributed by atoms with Gasteiger partial charge in [-0.25, -0.2) is 0 Å². The molecule has 44 heavy (non-hydrogen) atoms. The van der Waals surface area contributed by atoms with Crippen molar-refractivity contribution >= 4 is 18.3 Å². The smallest absolute Gasteiger partial charge is 0.340 e. The molecule has 1 amide bonds. The maximum Gasteiger partial charge on any atom is 0.416 e. The summed E-state index contributed by atoms with van der Waals surface area (Å²) in [7, 11) is 0. The topological polar surface area (TPSA) is 23.6 Å². The van der Waals surface area contributed by atoms with E-state index in [0.717, 1.165) is 23.3 Å². The van der Waals surface area contributed by atoms with Gasteiger partial charge in [0.25, 0.3) is 0 Å². The van der Waals surface area contributed by atoms with E-state index in [0.29, 0.717) is 18.7 Å². The number of nitrogens with zero attached hydrogens (tertiary/aromatic N) is 2. The van der Waals surface area contributed by atoms with Crippen molar-refractivity contribution in [2.45, 2.75) is 30.7 Å². The Morgan fingerprint density at radius 2 is 1.00 bits per heavy atom. The van der Waals surface area contributed by atoms with Crippen LogP contribution in [0.25, 0.3) is 0 Å². The van der Waals surface area contributed by atoms with Crippen LogP contribution in [-0.4, -0.2) is 41.9 Å². The molecule has 5 rings (SSSR count). The number of halogens is 7. The normalized spacial score (nSPS) is 15.1. The molecule has 0 N–H and O–H groups in total. The molecule has 0 radical (unpaired) electrons. The first-order valence-electron chi connectivity index (χ1n) is 14.0. The van der Waals surface area contributed by atoms with Crippen LogP contribution in [0.3, 0.4) is 0 Å². The third kappa shape index (κ3) is 7.81. The molecule has 0 spiro atoms. The van der Waals surface area contributed by atoms with Crippen LogP contribution in [0.5, 0.6) is 0 Å². The number of amides is 1. The zero-order chi connectivity index (χ0) is 30.6. The molecule has 1 aliphatic heterocycles. The molecule has 4 aromatic rings. The Labute approximate surface area is 258 Å². The largest absolute Gasteiger partial charge is 0.416 e. The van der Waals surface area contributed by atoms with Crippen molar-refractivity contribution in [3.63, 3.8) is 0 Å². The second kappa shape index (κ2) is 13.9. The Morgan fingerprint density at radius 1 is 0.591 bits per heavy atom. The van der Waals surface area contributed by atoms with E-state index in [1.165, 1.54) is 0 Å². The Balaban J connectivity index is 0.00000442. The highest BCUT2D eigenvalue weighted by Crippen LogP contribution is 2.40. The molecule has 1 fully saturated rings. The lowest BCUT2D eigenvalue weighted by atomic mass is 9.88. The Bertz CT molecular complexity index is 1430. The van der Waals surface area contributed by atoms with Crippen molar-refractivity contribution in [2.24, 2.45) is 0 Å². The molecule has 232 valence electrons. The first-order chi connectivity index (χ1) is 20.5. The van der Waals surface area contributed by atoms with Crippen molar-refractivity contribution < 1.29 is 31.1 Å². The fraction of sp³-hybridized carbons (Fsp3) is 0.265. The minimum absolute atomic E-state index is 0. The number of rotatable bonds is 7. The van der Waals surface area contributed by atoms with Gasteiger partial charge >= 0.3 is 12.4 Å². The molecular formula is C34H31ClF6N2O. The highest BCUT2D eigenvalue weighted by molar-refractivity contribution is 5.85. The van der Waals surface area contributed by atoms with Crippen molar-refractivity contribution in [1.82, 2.24) is 9.80 Å². The number of hydrogen-bond donors (Lipinski definition) is 0. The second-order valence-corrected chi connectivity index (χ2v) is 10.6. The second-order valence-electron chi connectivity index (χ2n) is 10.6. The lowest BCUT2D eigenvalue weighted by Crippen LogP contribution is -2.50. The van der Waals surface area contributed by atoms with Crippen LogP contribution in [0.1, 0.15) is 51.8 Å². The third-order valence-corrected chi connectivity index (χ3v) is 7.86. The molecule has 1 atom stereocenters. The monoisotopic (exact) mass is 632 g/mol. The van der Waals surface area contributed by atoms with E-state index < -0.39 is 29.5 Å². The fourth-order valence-corrected chi connectivity index (χ4v) is 5.72. The molecule has 1 aliphatic rings. The van der Waals surface area contributed by atoms with Gasteiger partial charge in [0, 0.05) is 38.5 Å². The van der Waals surface area contributed by atoms with Crippen LogP contribution >= 0.6 is 12.4 Å². The standard InChI is InChI=1S/C34H30F6N2O.ClH/c35-33(36,37)28-20-27(21-29(22-28)34(38,39)40)32(26-14-8-3-9-15-26)42-18-16-41(17-19-42)31(43)23-30(24-10-4-1-5-11-24)25-12-6-2-7-13-25;/h1-15,20-22,30,32H,16-19,23H2;1H. The van der Waals surface area contributed by atoms with Gasteiger partial charge in [0.15, 0.2) is 0 Å². The van der Waals surface area contributed by atoms with Crippen LogP contribution in [0, 0.1) is 0 Å². The number of carbonyl (C=O) groups excluding carboxylic acids is 1. The van der Waals surface area contributed by atoms with Gasteiger partial charge in [0.05, 0.1) is 17.2 Å². The lowest BCUT2D eigenvalue weighted by molar-refractivity contribution is -0.143. The molecule has 10 heteroatoms. The molecule has 3 nitrogen and oxygen atoms in total. The zero-order valence-corrected chi connectivity index (χ0v) is 24.4. The summed E-state index contributed by atoms with van der Waals surface area (Å²) in [5.41, 5.74) is -0.200. The van der Waals surface area contributed by atoms with E-state index in [2.05, 4.69) is 0 Å². The quantitative estimate of drug-likeness (QED) is 0.191. The van der Waals surface area contributed by atoms with Gasteiger partial charge in [0.2, 0.25) is 5.91 Å². The van der Waals surface area contributed by atoms with E-state index in [4.69, 9.17) is 0 Å². The van der Waals surface area contributed by atoms with E-state index in [1.807, 2.05) is 65.6 Å². The number of hydrogen-bond acceptors (Lipinski definition) is 2. The molecule has 1 heterocycles. The van der Waals surface area contributed by atoms with Gasteiger partial charge < -0.3 is 4.90 Å². The molecule has 0 bridgehead atoms. The summed E-state index contributed by atoms with van der Waals surface area (Å²) in [4.78, 5) is 17.1. The Kier molecular flexibility index (Phi) is 10.4. The highest BCUT2D eigenvalue weighted by Gasteiger charge is 2.39. The number of alkyl halides is 6. The minimum atomic E-state index is -4.95. The molecule has 0 aliphatic carbocycles. The lowest BCUT2D eigenvalue weighted by Gasteiger charge is -2.40. The average Bonchev–Trinajstić information content (AvgIpc) is 3.01. The predicted molar refractivity (Wildman–Crippen MR) is 159 cm³/mol. The maximum atomic E-state index is 13.7. The summed E-state index contributed by atoms with van der Waals surface area (Å²) in [6.07, 6.45) is -9.66. The van der Waals surface area contributed by atoms with Gasteiger partial charge in [-0.15, -0.1) is 12.4 Å². The summed E-state index contributed by atoms with van der Waals surface area (Å²) in [5.74, 6) is -0.220. The highest BCUT2D eigenvalue weighted by atomic mass is 35.5. The number of benzene rings is 4. The minimum Gasteiger partial charge on any atom is -0.340 e. The summed E-state index contributed by atoms with van der Waals surface area (Å²) >= 11 is 0. The van der Waals surface area contributed by atoms with E-state index in [9.17, 15) is 31.1 Å². The van der Waals surface area contributed by atoms with Crippen LogP contribution in [0.4, 0.5) is 26.3 Å². The summed E-state index contributed by atoms with van der Waals surface area (Å²) in [6, 6.07) is 28.9. The van der Waals surface area contributed by atoms with Crippen molar-refractivity contribution in [2.75, 3.05) is 26.2 Å². The van der Waals surface area contributed by atoms with Gasteiger partial charge in [-0.1, -0.05) is 91.0 Å². The van der Waals surface area contributed by atoms with Gasteiger partial charge in [-0.05, 0) is 40.5 Å². The fourth-order valence-electron chi connectivity index (χ4n) is 5.72. The molecule has 1 unspecified atom stereocenters. The van der Waals surface area contributed by atoms with E-state index >= 15 is 0 Å². The van der Waals surface area contributed by atoms with Crippen LogP contribution in [0.2, 0.25) is 0 Å². The van der Waals surface area contributed by atoms with Crippen LogP contribution in [-0.2, 0) is 17.1 Å². The van der Waals surface area contributed by atoms with Crippen molar-refractivity contribution in [3.8, 4) is 0 Å². The number of piperazine rings is 1. The van der Waals surface area contributed by atoms with Crippen LogP contribution in [0.15, 0.2) is 109 Å². The Hall–Kier alpha value is -3.82. The zero-order valence-electron chi connectivity index (χ0n) is 23.6. The Morgan fingerprint density at radius 3 is 1.41 bits per heavy atom. The van der Waals surface area contributed by atoms with Gasteiger partial charge in [-0.2, -0.15) is 26.3 Å². The van der Waals surface area contributed by atoms with E-state index in [-0.39, 0.29) is 55.4 Å². The first kappa shape index (κ1) is 33.1. The van der Waals surface area contributed by atoms with Gasteiger partial charge in [-0.3, -0.25) is 9.69 Å². The summed E-state index contributed by atoms with van der Waals surface area (Å²) < 4.78 is 82.3. The molecular weight excluding hydrogens is 602 g/mol. The third-order valence-electron chi connectivity index (χ3n) is 7.86. The van der Waals surface area contributed by atoms with Gasteiger partial charge in [0.1, 0.15) is 0 Å². The predicted octanol–water partition coefficient (Wildman–Crippen LogP) is 8.60. The molecule has 0 aromatic heterocycles. The van der Waals surface area contributed by atoms with Crippen molar-refractivity contribution in [1.29, 1.82) is 0 Å². The number of carbonyl (C=O) groups is 1. The van der Waals surface area contributed by atoms with Crippen molar-refractivity contribution in [3.05, 3.63) is 143 Å².